The molecule has 3 N–H and O–H groups in total. The predicted octanol–water partition coefficient (Wildman–Crippen LogP) is 0.547. The van der Waals surface area contributed by atoms with E-state index in [9.17, 15) is 9.90 Å². The fourth-order valence-corrected chi connectivity index (χ4v) is 1.38. The number of benzene rings is 1. The molecule has 0 amide bonds. The minimum atomic E-state index is -0.859. The van der Waals surface area contributed by atoms with E-state index in [1.165, 1.54) is 7.11 Å². The van der Waals surface area contributed by atoms with Crippen LogP contribution in [0.25, 0.3) is 0 Å². The molecule has 1 rings (SSSR count). The fraction of sp³-hybridized carbons (Fsp3) is 0.417. The summed E-state index contributed by atoms with van der Waals surface area (Å²) in [7, 11) is 1.32. The third-order valence-corrected chi connectivity index (χ3v) is 2.32. The number of esters is 1. The monoisotopic (exact) mass is 239 g/mol. The molecular weight excluding hydrogens is 222 g/mol. The zero-order valence-electron chi connectivity index (χ0n) is 9.93. The lowest BCUT2D eigenvalue weighted by atomic mass is 10.1. The number of nitrogens with one attached hydrogen (secondary N) is 1. The Morgan fingerprint density at radius 2 is 2.24 bits per heavy atom. The Hall–Kier alpha value is -1.59. The summed E-state index contributed by atoms with van der Waals surface area (Å²) in [4.78, 5) is 11.5. The molecule has 5 nitrogen and oxygen atoms in total. The number of aryl methyl sites for hydroxylation is 1. The Morgan fingerprint density at radius 3 is 2.82 bits per heavy atom. The molecule has 5 heteroatoms. The Bertz CT molecular complexity index is 392. The number of carbonyl (C=O) groups excluding carboxylic acids is 1. The summed E-state index contributed by atoms with van der Waals surface area (Å²) >= 11 is 0. The van der Waals surface area contributed by atoms with Gasteiger partial charge in [0.15, 0.2) is 0 Å². The van der Waals surface area contributed by atoms with Crippen LogP contribution in [0.5, 0.6) is 0 Å². The molecule has 1 aromatic rings. The highest BCUT2D eigenvalue weighted by Gasteiger charge is 2.12. The average Bonchev–Trinajstić information content (AvgIpc) is 2.35. The first-order valence-electron chi connectivity index (χ1n) is 5.30. The van der Waals surface area contributed by atoms with Gasteiger partial charge in [-0.3, -0.25) is 0 Å². The number of carbonyl (C=O) groups is 1. The Morgan fingerprint density at radius 1 is 1.53 bits per heavy atom. The predicted molar refractivity (Wildman–Crippen MR) is 64.1 cm³/mol. The van der Waals surface area contributed by atoms with Crippen LogP contribution in [0.3, 0.4) is 0 Å². The van der Waals surface area contributed by atoms with E-state index in [0.717, 1.165) is 5.56 Å². The third kappa shape index (κ3) is 3.72. The van der Waals surface area contributed by atoms with E-state index >= 15 is 0 Å². The maximum absolute atomic E-state index is 11.5. The molecule has 0 aromatic heterocycles. The molecule has 0 saturated heterocycles. The number of aliphatic hydroxyl groups excluding tert-OH is 2. The van der Waals surface area contributed by atoms with E-state index < -0.39 is 12.1 Å². The number of rotatable bonds is 5. The summed E-state index contributed by atoms with van der Waals surface area (Å²) in [5, 5.41) is 20.8. The molecule has 94 valence electrons. The van der Waals surface area contributed by atoms with Crippen molar-refractivity contribution in [3.05, 3.63) is 29.3 Å². The van der Waals surface area contributed by atoms with Gasteiger partial charge in [0.25, 0.3) is 0 Å². The van der Waals surface area contributed by atoms with Crippen molar-refractivity contribution in [1.29, 1.82) is 0 Å². The van der Waals surface area contributed by atoms with E-state index in [1.54, 1.807) is 12.1 Å². The number of ether oxygens (including phenoxy) is 1. The average molecular weight is 239 g/mol. The van der Waals surface area contributed by atoms with Crippen LogP contribution in [0.15, 0.2) is 18.2 Å². The van der Waals surface area contributed by atoms with E-state index in [2.05, 4.69) is 10.1 Å². The summed E-state index contributed by atoms with van der Waals surface area (Å²) in [6, 6.07) is 5.30. The molecule has 0 fully saturated rings. The standard InChI is InChI=1S/C12H17NO4/c1-8-3-4-11(13-6-9(15)7-14)10(5-8)12(16)17-2/h3-5,9,13-15H,6-7H2,1-2H3. The van der Waals surface area contributed by atoms with Crippen molar-refractivity contribution < 1.29 is 19.7 Å². The normalized spacial score (nSPS) is 12.0. The van der Waals surface area contributed by atoms with Crippen LogP contribution in [0, 0.1) is 6.92 Å². The Labute approximate surface area is 100 Å². The van der Waals surface area contributed by atoms with Crippen LogP contribution in [0.2, 0.25) is 0 Å². The molecule has 0 heterocycles. The van der Waals surface area contributed by atoms with Gasteiger partial charge in [-0.2, -0.15) is 0 Å². The first-order chi connectivity index (χ1) is 8.08. The lowest BCUT2D eigenvalue weighted by Crippen LogP contribution is -2.23. The van der Waals surface area contributed by atoms with Crippen molar-refractivity contribution in [2.24, 2.45) is 0 Å². The highest BCUT2D eigenvalue weighted by molar-refractivity contribution is 5.95. The van der Waals surface area contributed by atoms with Gasteiger partial charge in [0.2, 0.25) is 0 Å². The number of anilines is 1. The van der Waals surface area contributed by atoms with E-state index in [-0.39, 0.29) is 13.2 Å². The van der Waals surface area contributed by atoms with Crippen molar-refractivity contribution in [3.8, 4) is 0 Å². The largest absolute Gasteiger partial charge is 0.465 e. The van der Waals surface area contributed by atoms with Gasteiger partial charge in [-0.1, -0.05) is 11.6 Å². The van der Waals surface area contributed by atoms with Gasteiger partial charge in [0.05, 0.1) is 25.4 Å². The van der Waals surface area contributed by atoms with Gasteiger partial charge in [0, 0.05) is 12.2 Å². The molecule has 1 unspecified atom stereocenters. The lowest BCUT2D eigenvalue weighted by Gasteiger charge is -2.13. The number of hydrogen-bond acceptors (Lipinski definition) is 5. The number of methoxy groups -OCH3 is 1. The van der Waals surface area contributed by atoms with Crippen LogP contribution in [-0.2, 0) is 4.74 Å². The van der Waals surface area contributed by atoms with Crippen molar-refractivity contribution >= 4 is 11.7 Å². The molecule has 1 aromatic carbocycles. The van der Waals surface area contributed by atoms with E-state index in [0.29, 0.717) is 11.3 Å². The van der Waals surface area contributed by atoms with E-state index in [4.69, 9.17) is 5.11 Å². The van der Waals surface area contributed by atoms with Crippen molar-refractivity contribution in [2.45, 2.75) is 13.0 Å². The topological polar surface area (TPSA) is 78.8 Å². The Balaban J connectivity index is 2.86. The van der Waals surface area contributed by atoms with Gasteiger partial charge in [-0.25, -0.2) is 4.79 Å². The van der Waals surface area contributed by atoms with Crippen LogP contribution in [-0.4, -0.2) is 42.5 Å². The first kappa shape index (κ1) is 13.5. The second-order valence-corrected chi connectivity index (χ2v) is 3.76. The van der Waals surface area contributed by atoms with Crippen LogP contribution < -0.4 is 5.32 Å². The molecule has 0 aliphatic rings. The molecule has 0 saturated carbocycles. The quantitative estimate of drug-likeness (QED) is 0.654. The summed E-state index contributed by atoms with van der Waals surface area (Å²) in [5.74, 6) is -0.435. The summed E-state index contributed by atoms with van der Waals surface area (Å²) in [6.45, 7) is 1.72. The first-order valence-corrected chi connectivity index (χ1v) is 5.30. The molecule has 0 spiro atoms. The van der Waals surface area contributed by atoms with Crippen LogP contribution >= 0.6 is 0 Å². The van der Waals surface area contributed by atoms with Crippen molar-refractivity contribution in [2.75, 3.05) is 25.6 Å². The van der Waals surface area contributed by atoms with Crippen LogP contribution in [0.4, 0.5) is 5.69 Å². The van der Waals surface area contributed by atoms with Gasteiger partial charge < -0.3 is 20.3 Å². The molecule has 17 heavy (non-hydrogen) atoms. The highest BCUT2D eigenvalue weighted by atomic mass is 16.5. The molecule has 1 atom stereocenters. The molecular formula is C12H17NO4. The zero-order valence-corrected chi connectivity index (χ0v) is 9.93. The molecule has 0 radical (unpaired) electrons. The van der Waals surface area contributed by atoms with Crippen LogP contribution in [0.1, 0.15) is 15.9 Å². The second kappa shape index (κ2) is 6.22. The molecule has 0 aliphatic heterocycles. The maximum atomic E-state index is 11.5. The van der Waals surface area contributed by atoms with E-state index in [1.807, 2.05) is 13.0 Å². The van der Waals surface area contributed by atoms with Crippen molar-refractivity contribution in [1.82, 2.24) is 0 Å². The summed E-state index contributed by atoms with van der Waals surface area (Å²) < 4.78 is 4.67. The maximum Gasteiger partial charge on any atom is 0.339 e. The molecule has 0 bridgehead atoms. The zero-order chi connectivity index (χ0) is 12.8. The Kier molecular flexibility index (Phi) is 4.93. The summed E-state index contributed by atoms with van der Waals surface area (Å²) in [6.07, 6.45) is -0.859. The molecule has 0 aliphatic carbocycles. The number of hydrogen-bond donors (Lipinski definition) is 3. The SMILES string of the molecule is COC(=O)c1cc(C)ccc1NCC(O)CO. The smallest absolute Gasteiger partial charge is 0.339 e. The fourth-order valence-electron chi connectivity index (χ4n) is 1.38. The van der Waals surface area contributed by atoms with Gasteiger partial charge >= 0.3 is 5.97 Å². The van der Waals surface area contributed by atoms with Gasteiger partial charge in [-0.05, 0) is 19.1 Å². The second-order valence-electron chi connectivity index (χ2n) is 3.76. The minimum absolute atomic E-state index is 0.170. The van der Waals surface area contributed by atoms with Gasteiger partial charge in [0.1, 0.15) is 0 Å². The highest BCUT2D eigenvalue weighted by Crippen LogP contribution is 2.18. The lowest BCUT2D eigenvalue weighted by molar-refractivity contribution is 0.0601. The summed E-state index contributed by atoms with van der Waals surface area (Å²) in [5.41, 5.74) is 1.94. The third-order valence-electron chi connectivity index (χ3n) is 2.32. The van der Waals surface area contributed by atoms with Crippen molar-refractivity contribution in [3.63, 3.8) is 0 Å². The van der Waals surface area contributed by atoms with Gasteiger partial charge in [-0.15, -0.1) is 0 Å². The minimum Gasteiger partial charge on any atom is -0.465 e. The number of aliphatic hydroxyl groups is 2.